The van der Waals surface area contributed by atoms with Crippen molar-refractivity contribution in [3.8, 4) is 0 Å². The number of hydrogen-bond acceptors (Lipinski definition) is 3. The van der Waals surface area contributed by atoms with Gasteiger partial charge >= 0.3 is 0 Å². The van der Waals surface area contributed by atoms with Gasteiger partial charge in [-0.2, -0.15) is 0 Å². The van der Waals surface area contributed by atoms with Gasteiger partial charge in [0, 0.05) is 16.9 Å². The van der Waals surface area contributed by atoms with Gasteiger partial charge in [-0.25, -0.2) is 17.2 Å². The fourth-order valence-electron chi connectivity index (χ4n) is 0.742. The lowest BCUT2D eigenvalue weighted by molar-refractivity contribution is 0.145. The van der Waals surface area contributed by atoms with Crippen LogP contribution in [0.4, 0.5) is 8.78 Å². The number of rotatable bonds is 2. The van der Waals surface area contributed by atoms with Crippen molar-refractivity contribution >= 4 is 42.3 Å². The van der Waals surface area contributed by atoms with Crippen LogP contribution in [-0.2, 0) is 9.05 Å². The molecule has 1 aromatic rings. The van der Waals surface area contributed by atoms with Crippen LogP contribution in [0.5, 0.6) is 0 Å². The maximum atomic E-state index is 12.2. The second kappa shape index (κ2) is 4.23. The third-order valence-electron chi connectivity index (χ3n) is 1.33. The highest BCUT2D eigenvalue weighted by molar-refractivity contribution is 14.1. The molecule has 0 aliphatic heterocycles. The van der Waals surface area contributed by atoms with Crippen LogP contribution in [0.3, 0.4) is 0 Å². The Balaban J connectivity index is 3.37. The Morgan fingerprint density at radius 3 is 2.50 bits per heavy atom. The van der Waals surface area contributed by atoms with Gasteiger partial charge in [0.25, 0.3) is 15.5 Å². The average molecular weight is 354 g/mol. The van der Waals surface area contributed by atoms with Crippen molar-refractivity contribution in [2.24, 2.45) is 0 Å². The molecule has 0 amide bonds. The SMILES string of the molecule is O=S(=O)(Cl)c1cc(C(F)F)ncc1I. The summed E-state index contributed by atoms with van der Waals surface area (Å²) in [4.78, 5) is 3.03. The summed E-state index contributed by atoms with van der Waals surface area (Å²) in [7, 11) is 1.04. The minimum absolute atomic E-state index is 0.210. The Morgan fingerprint density at radius 2 is 2.07 bits per heavy atom. The van der Waals surface area contributed by atoms with E-state index in [1.807, 2.05) is 0 Å². The van der Waals surface area contributed by atoms with Crippen molar-refractivity contribution in [3.63, 3.8) is 0 Å². The van der Waals surface area contributed by atoms with Crippen LogP contribution in [0.2, 0.25) is 0 Å². The number of aromatic nitrogens is 1. The number of pyridine rings is 1. The second-order valence-electron chi connectivity index (χ2n) is 2.28. The van der Waals surface area contributed by atoms with E-state index >= 15 is 0 Å². The summed E-state index contributed by atoms with van der Waals surface area (Å²) < 4.78 is 46.4. The monoisotopic (exact) mass is 353 g/mol. The quantitative estimate of drug-likeness (QED) is 0.606. The van der Waals surface area contributed by atoms with Crippen LogP contribution in [-0.4, -0.2) is 13.4 Å². The molecular formula is C6H3ClF2INO2S. The zero-order chi connectivity index (χ0) is 10.9. The molecule has 1 aromatic heterocycles. The number of hydrogen-bond donors (Lipinski definition) is 0. The van der Waals surface area contributed by atoms with E-state index in [0.717, 1.165) is 12.3 Å². The molecule has 1 rings (SSSR count). The van der Waals surface area contributed by atoms with Crippen molar-refractivity contribution in [3.05, 3.63) is 21.5 Å². The molecule has 0 saturated heterocycles. The minimum atomic E-state index is -4.00. The van der Waals surface area contributed by atoms with Crippen LogP contribution in [0.1, 0.15) is 12.1 Å². The maximum Gasteiger partial charge on any atom is 0.280 e. The van der Waals surface area contributed by atoms with E-state index in [-0.39, 0.29) is 8.47 Å². The first-order valence-electron chi connectivity index (χ1n) is 3.20. The van der Waals surface area contributed by atoms with Crippen LogP contribution >= 0.6 is 33.3 Å². The molecule has 0 aromatic carbocycles. The normalized spacial score (nSPS) is 12.1. The highest BCUT2D eigenvalue weighted by atomic mass is 127. The Labute approximate surface area is 97.0 Å². The first-order valence-corrected chi connectivity index (χ1v) is 6.59. The van der Waals surface area contributed by atoms with E-state index in [0.29, 0.717) is 0 Å². The number of halogens is 4. The first-order chi connectivity index (χ1) is 6.32. The number of alkyl halides is 2. The summed E-state index contributed by atoms with van der Waals surface area (Å²) in [6.07, 6.45) is -1.78. The van der Waals surface area contributed by atoms with Crippen molar-refractivity contribution in [2.45, 2.75) is 11.3 Å². The van der Waals surface area contributed by atoms with Gasteiger partial charge in [0.15, 0.2) is 0 Å². The van der Waals surface area contributed by atoms with E-state index in [2.05, 4.69) is 4.98 Å². The lowest BCUT2D eigenvalue weighted by Gasteiger charge is -2.02. The molecule has 0 bridgehead atoms. The standard InChI is InChI=1S/C6H3ClF2INO2S/c7-14(12,13)5-1-4(6(8)9)11-2-3(5)10/h1-2,6H. The Morgan fingerprint density at radius 1 is 1.50 bits per heavy atom. The lowest BCUT2D eigenvalue weighted by atomic mass is 10.4. The second-order valence-corrected chi connectivity index (χ2v) is 5.97. The van der Waals surface area contributed by atoms with Gasteiger partial charge in [-0.15, -0.1) is 0 Å². The Bertz CT molecular complexity index is 451. The third-order valence-corrected chi connectivity index (χ3v) is 3.92. The van der Waals surface area contributed by atoms with Gasteiger partial charge < -0.3 is 0 Å². The molecule has 0 fully saturated rings. The molecule has 0 atom stereocenters. The highest BCUT2D eigenvalue weighted by Gasteiger charge is 2.18. The van der Waals surface area contributed by atoms with Crippen LogP contribution < -0.4 is 0 Å². The Hall–Kier alpha value is -0.0200. The fourth-order valence-corrected chi connectivity index (χ4v) is 3.23. The molecule has 0 aliphatic carbocycles. The smallest absolute Gasteiger partial charge is 0.254 e. The van der Waals surface area contributed by atoms with Gasteiger partial charge in [0.05, 0.1) is 8.47 Å². The predicted molar refractivity (Wildman–Crippen MR) is 54.9 cm³/mol. The average Bonchev–Trinajstić information content (AvgIpc) is 2.02. The molecule has 0 radical (unpaired) electrons. The van der Waals surface area contributed by atoms with Gasteiger partial charge in [0.2, 0.25) is 0 Å². The van der Waals surface area contributed by atoms with Crippen molar-refractivity contribution in [1.82, 2.24) is 4.98 Å². The number of nitrogens with zero attached hydrogens (tertiary/aromatic N) is 1. The van der Waals surface area contributed by atoms with Gasteiger partial charge in [0.1, 0.15) is 5.69 Å². The van der Waals surface area contributed by atoms with E-state index in [1.165, 1.54) is 0 Å². The van der Waals surface area contributed by atoms with Gasteiger partial charge in [-0.05, 0) is 28.7 Å². The predicted octanol–water partition coefficient (Wildman–Crippen LogP) is 2.55. The molecule has 0 saturated carbocycles. The zero-order valence-corrected chi connectivity index (χ0v) is 10.1. The zero-order valence-electron chi connectivity index (χ0n) is 6.42. The van der Waals surface area contributed by atoms with E-state index in [4.69, 9.17) is 10.7 Å². The fraction of sp³-hybridized carbons (Fsp3) is 0.167. The molecule has 0 aliphatic rings. The third kappa shape index (κ3) is 2.74. The molecule has 0 spiro atoms. The van der Waals surface area contributed by atoms with Crippen molar-refractivity contribution in [1.29, 1.82) is 0 Å². The summed E-state index contributed by atoms with van der Waals surface area (Å²) in [6, 6.07) is 0.773. The molecule has 0 unspecified atom stereocenters. The minimum Gasteiger partial charge on any atom is -0.254 e. The molecule has 1 heterocycles. The Kier molecular flexibility index (Phi) is 3.64. The van der Waals surface area contributed by atoms with Crippen molar-refractivity contribution < 1.29 is 17.2 Å². The molecule has 0 N–H and O–H groups in total. The summed E-state index contributed by atoms with van der Waals surface area (Å²) in [5, 5.41) is 0. The first kappa shape index (κ1) is 12.1. The molecule has 8 heteroatoms. The van der Waals surface area contributed by atoms with Crippen LogP contribution in [0, 0.1) is 3.57 Å². The lowest BCUT2D eigenvalue weighted by Crippen LogP contribution is -1.99. The molecule has 78 valence electrons. The van der Waals surface area contributed by atoms with E-state index in [1.54, 1.807) is 22.6 Å². The summed E-state index contributed by atoms with van der Waals surface area (Å²) in [5.41, 5.74) is -0.607. The van der Waals surface area contributed by atoms with E-state index < -0.39 is 21.2 Å². The molecule has 14 heavy (non-hydrogen) atoms. The topological polar surface area (TPSA) is 47.0 Å². The van der Waals surface area contributed by atoms with Gasteiger partial charge in [-0.3, -0.25) is 4.98 Å². The summed E-state index contributed by atoms with van der Waals surface area (Å²) >= 11 is 1.65. The van der Waals surface area contributed by atoms with Crippen molar-refractivity contribution in [2.75, 3.05) is 0 Å². The molecule has 3 nitrogen and oxygen atoms in total. The van der Waals surface area contributed by atoms with Crippen LogP contribution in [0.25, 0.3) is 0 Å². The van der Waals surface area contributed by atoms with Crippen LogP contribution in [0.15, 0.2) is 17.2 Å². The highest BCUT2D eigenvalue weighted by Crippen LogP contribution is 2.25. The molecular weight excluding hydrogens is 350 g/mol. The van der Waals surface area contributed by atoms with Gasteiger partial charge in [-0.1, -0.05) is 0 Å². The summed E-state index contributed by atoms with van der Waals surface area (Å²) in [5.74, 6) is 0. The maximum absolute atomic E-state index is 12.2. The van der Waals surface area contributed by atoms with E-state index in [9.17, 15) is 17.2 Å². The summed E-state index contributed by atoms with van der Waals surface area (Å²) in [6.45, 7) is 0. The largest absolute Gasteiger partial charge is 0.280 e.